The number of ether oxygens (including phenoxy) is 1. The zero-order valence-electron chi connectivity index (χ0n) is 9.45. The first-order valence-corrected chi connectivity index (χ1v) is 5.89. The molecule has 0 amide bonds. The third-order valence-electron chi connectivity index (χ3n) is 2.34. The summed E-state index contributed by atoms with van der Waals surface area (Å²) in [5.74, 6) is 0.0446. The van der Waals surface area contributed by atoms with E-state index in [9.17, 15) is 4.39 Å². The van der Waals surface area contributed by atoms with Crippen LogP contribution in [0.3, 0.4) is 0 Å². The quantitative estimate of drug-likeness (QED) is 0.843. The fraction of sp³-hybridized carbons (Fsp3) is 0.0769. The molecule has 1 aromatic heterocycles. The number of aromatic nitrogens is 1. The van der Waals surface area contributed by atoms with Crippen molar-refractivity contribution in [1.29, 1.82) is 5.26 Å². The maximum atomic E-state index is 13.3. The Hall–Kier alpha value is -1.93. The average Bonchev–Trinajstić information content (AvgIpc) is 2.34. The highest BCUT2D eigenvalue weighted by Crippen LogP contribution is 2.27. The lowest BCUT2D eigenvalue weighted by atomic mass is 10.2. The molecule has 0 spiro atoms. The van der Waals surface area contributed by atoms with Crippen molar-refractivity contribution >= 4 is 15.9 Å². The number of halogens is 2. The van der Waals surface area contributed by atoms with Gasteiger partial charge in [0.05, 0.1) is 4.47 Å². The van der Waals surface area contributed by atoms with E-state index in [0.717, 1.165) is 5.56 Å². The van der Waals surface area contributed by atoms with Gasteiger partial charge in [0.2, 0.25) is 5.88 Å². The second-order valence-electron chi connectivity index (χ2n) is 3.60. The molecule has 0 aliphatic rings. The lowest BCUT2D eigenvalue weighted by Crippen LogP contribution is -1.94. The molecular formula is C13H8BrFN2O. The summed E-state index contributed by atoms with van der Waals surface area (Å²) in [5, 5.41) is 9.02. The van der Waals surface area contributed by atoms with Gasteiger partial charge in [0.1, 0.15) is 23.2 Å². The van der Waals surface area contributed by atoms with Gasteiger partial charge in [-0.1, -0.05) is 0 Å². The van der Waals surface area contributed by atoms with Crippen molar-refractivity contribution in [3.05, 3.63) is 51.9 Å². The van der Waals surface area contributed by atoms with Crippen molar-refractivity contribution in [3.8, 4) is 17.7 Å². The van der Waals surface area contributed by atoms with E-state index >= 15 is 0 Å². The Morgan fingerprint density at radius 2 is 2.17 bits per heavy atom. The minimum absolute atomic E-state index is 0.180. The van der Waals surface area contributed by atoms with Gasteiger partial charge in [0, 0.05) is 12.3 Å². The van der Waals surface area contributed by atoms with Gasteiger partial charge in [-0.2, -0.15) is 5.26 Å². The van der Waals surface area contributed by atoms with Gasteiger partial charge in [0.25, 0.3) is 0 Å². The first-order valence-electron chi connectivity index (χ1n) is 5.10. The van der Waals surface area contributed by atoms with Gasteiger partial charge in [-0.3, -0.25) is 0 Å². The SMILES string of the molecule is Cc1ccnc(Oc2ccc(Br)c(F)c2)c1C#N. The number of benzene rings is 1. The van der Waals surface area contributed by atoms with E-state index < -0.39 is 5.82 Å². The van der Waals surface area contributed by atoms with Crippen LogP contribution >= 0.6 is 15.9 Å². The normalized spacial score (nSPS) is 9.89. The van der Waals surface area contributed by atoms with Gasteiger partial charge in [0.15, 0.2) is 0 Å². The average molecular weight is 307 g/mol. The highest BCUT2D eigenvalue weighted by molar-refractivity contribution is 9.10. The van der Waals surface area contributed by atoms with Crippen molar-refractivity contribution in [2.45, 2.75) is 6.92 Å². The number of nitriles is 1. The third-order valence-corrected chi connectivity index (χ3v) is 2.99. The summed E-state index contributed by atoms with van der Waals surface area (Å²) in [5.41, 5.74) is 1.11. The van der Waals surface area contributed by atoms with Crippen molar-refractivity contribution in [3.63, 3.8) is 0 Å². The van der Waals surface area contributed by atoms with E-state index in [4.69, 9.17) is 10.00 Å². The van der Waals surface area contributed by atoms with Crippen molar-refractivity contribution < 1.29 is 9.13 Å². The number of hydrogen-bond donors (Lipinski definition) is 0. The highest BCUT2D eigenvalue weighted by Gasteiger charge is 2.10. The Morgan fingerprint density at radius 3 is 2.83 bits per heavy atom. The molecule has 5 heteroatoms. The molecule has 0 radical (unpaired) electrons. The van der Waals surface area contributed by atoms with Crippen LogP contribution in [0, 0.1) is 24.1 Å². The minimum atomic E-state index is -0.432. The first kappa shape index (κ1) is 12.5. The van der Waals surface area contributed by atoms with Crippen LogP contribution in [0.15, 0.2) is 34.9 Å². The molecule has 2 rings (SSSR count). The van der Waals surface area contributed by atoms with Gasteiger partial charge < -0.3 is 4.74 Å². The summed E-state index contributed by atoms with van der Waals surface area (Å²) >= 11 is 3.06. The Labute approximate surface area is 112 Å². The predicted molar refractivity (Wildman–Crippen MR) is 67.9 cm³/mol. The molecule has 1 heterocycles. The predicted octanol–water partition coefficient (Wildman–Crippen LogP) is 3.96. The monoisotopic (exact) mass is 306 g/mol. The van der Waals surface area contributed by atoms with Crippen LogP contribution in [0.2, 0.25) is 0 Å². The Balaban J connectivity index is 2.37. The summed E-state index contributed by atoms with van der Waals surface area (Å²) in [7, 11) is 0. The summed E-state index contributed by atoms with van der Waals surface area (Å²) in [6.45, 7) is 1.79. The molecule has 0 atom stereocenters. The standard InChI is InChI=1S/C13H8BrFN2O/c1-8-4-5-17-13(10(8)7-16)18-9-2-3-11(14)12(15)6-9/h2-6H,1H3. The van der Waals surface area contributed by atoms with Gasteiger partial charge in [-0.25, -0.2) is 9.37 Å². The van der Waals surface area contributed by atoms with Gasteiger partial charge in [-0.05, 0) is 46.6 Å². The number of aryl methyl sites for hydroxylation is 1. The summed E-state index contributed by atoms with van der Waals surface area (Å²) in [4.78, 5) is 3.98. The minimum Gasteiger partial charge on any atom is -0.438 e. The fourth-order valence-corrected chi connectivity index (χ4v) is 1.65. The smallest absolute Gasteiger partial charge is 0.237 e. The summed E-state index contributed by atoms with van der Waals surface area (Å²) < 4.78 is 19.1. The summed E-state index contributed by atoms with van der Waals surface area (Å²) in [6.07, 6.45) is 1.54. The molecule has 0 aliphatic heterocycles. The molecule has 0 bridgehead atoms. The molecule has 90 valence electrons. The van der Waals surface area contributed by atoms with Crippen LogP contribution in [-0.4, -0.2) is 4.98 Å². The van der Waals surface area contributed by atoms with Crippen molar-refractivity contribution in [1.82, 2.24) is 4.98 Å². The zero-order valence-corrected chi connectivity index (χ0v) is 11.0. The second kappa shape index (κ2) is 5.15. The molecule has 0 N–H and O–H groups in total. The molecule has 18 heavy (non-hydrogen) atoms. The second-order valence-corrected chi connectivity index (χ2v) is 4.45. The van der Waals surface area contributed by atoms with E-state index in [1.165, 1.54) is 12.1 Å². The molecule has 3 nitrogen and oxygen atoms in total. The number of hydrogen-bond acceptors (Lipinski definition) is 3. The van der Waals surface area contributed by atoms with Crippen LogP contribution in [0.4, 0.5) is 4.39 Å². The summed E-state index contributed by atoms with van der Waals surface area (Å²) in [6, 6.07) is 8.10. The lowest BCUT2D eigenvalue weighted by molar-refractivity contribution is 0.455. The lowest BCUT2D eigenvalue weighted by Gasteiger charge is -2.07. The molecule has 2 aromatic rings. The number of nitrogens with zero attached hydrogens (tertiary/aromatic N) is 2. The maximum Gasteiger partial charge on any atom is 0.237 e. The third kappa shape index (κ3) is 2.49. The highest BCUT2D eigenvalue weighted by atomic mass is 79.9. The Morgan fingerprint density at radius 1 is 1.39 bits per heavy atom. The van der Waals surface area contributed by atoms with E-state index in [1.54, 1.807) is 25.3 Å². The van der Waals surface area contributed by atoms with Gasteiger partial charge in [-0.15, -0.1) is 0 Å². The van der Waals surface area contributed by atoms with E-state index in [0.29, 0.717) is 15.8 Å². The molecule has 0 fully saturated rings. The number of pyridine rings is 1. The largest absolute Gasteiger partial charge is 0.438 e. The number of rotatable bonds is 2. The van der Waals surface area contributed by atoms with E-state index in [2.05, 4.69) is 20.9 Å². The van der Waals surface area contributed by atoms with Crippen molar-refractivity contribution in [2.75, 3.05) is 0 Å². The molecule has 0 aliphatic carbocycles. The van der Waals surface area contributed by atoms with Crippen LogP contribution < -0.4 is 4.74 Å². The van der Waals surface area contributed by atoms with Crippen LogP contribution in [0.1, 0.15) is 11.1 Å². The molecule has 0 saturated heterocycles. The van der Waals surface area contributed by atoms with Crippen LogP contribution in [0.5, 0.6) is 11.6 Å². The Kier molecular flexibility index (Phi) is 3.58. The van der Waals surface area contributed by atoms with Crippen LogP contribution in [0.25, 0.3) is 0 Å². The topological polar surface area (TPSA) is 45.9 Å². The molecule has 1 aromatic carbocycles. The fourth-order valence-electron chi connectivity index (χ4n) is 1.40. The molecule has 0 saturated carbocycles. The van der Waals surface area contributed by atoms with E-state index in [1.807, 2.05) is 6.07 Å². The molecular weight excluding hydrogens is 299 g/mol. The first-order chi connectivity index (χ1) is 8.61. The zero-order chi connectivity index (χ0) is 13.1. The molecule has 0 unspecified atom stereocenters. The van der Waals surface area contributed by atoms with Gasteiger partial charge >= 0.3 is 0 Å². The van der Waals surface area contributed by atoms with Crippen LogP contribution in [-0.2, 0) is 0 Å². The maximum absolute atomic E-state index is 13.3. The van der Waals surface area contributed by atoms with Crippen molar-refractivity contribution in [2.24, 2.45) is 0 Å². The Bertz CT molecular complexity index is 637. The van der Waals surface area contributed by atoms with E-state index in [-0.39, 0.29) is 5.88 Å².